The van der Waals surface area contributed by atoms with Crippen LogP contribution >= 0.6 is 0 Å². The third kappa shape index (κ3) is 1.63. The van der Waals surface area contributed by atoms with Gasteiger partial charge in [0.2, 0.25) is 0 Å². The third-order valence-corrected chi connectivity index (χ3v) is 2.19. The summed E-state index contributed by atoms with van der Waals surface area (Å²) in [7, 11) is 0. The maximum absolute atomic E-state index is 13.4. The van der Waals surface area contributed by atoms with Crippen LogP contribution in [0.3, 0.4) is 0 Å². The van der Waals surface area contributed by atoms with Gasteiger partial charge in [-0.3, -0.25) is 4.98 Å². The zero-order valence-electron chi connectivity index (χ0n) is 8.11. The average molecular weight is 216 g/mol. The van der Waals surface area contributed by atoms with Crippen molar-refractivity contribution in [2.75, 3.05) is 0 Å². The van der Waals surface area contributed by atoms with Crippen LogP contribution in [0, 0.1) is 23.0 Å². The summed E-state index contributed by atoms with van der Waals surface area (Å²) in [5.74, 6) is -1.24. The first-order valence-corrected chi connectivity index (χ1v) is 4.52. The number of aromatic nitrogens is 1. The Hall–Kier alpha value is -2.28. The standard InChI is InChI=1S/C12H6F2N2/c13-11-3-1-2-8(10(11)6-15)9-4-5-16-7-12(9)14/h1-5,7H. The van der Waals surface area contributed by atoms with Gasteiger partial charge in [-0.1, -0.05) is 12.1 Å². The van der Waals surface area contributed by atoms with Crippen molar-refractivity contribution < 1.29 is 8.78 Å². The van der Waals surface area contributed by atoms with Crippen LogP contribution in [0.1, 0.15) is 5.56 Å². The number of rotatable bonds is 1. The first-order chi connectivity index (χ1) is 7.74. The molecule has 1 heterocycles. The SMILES string of the molecule is N#Cc1c(F)cccc1-c1ccncc1F. The van der Waals surface area contributed by atoms with E-state index in [4.69, 9.17) is 5.26 Å². The van der Waals surface area contributed by atoms with Crippen LogP contribution in [0.2, 0.25) is 0 Å². The van der Waals surface area contributed by atoms with Crippen molar-refractivity contribution in [2.24, 2.45) is 0 Å². The smallest absolute Gasteiger partial charge is 0.149 e. The highest BCUT2D eigenvalue weighted by Gasteiger charge is 2.12. The monoisotopic (exact) mass is 216 g/mol. The lowest BCUT2D eigenvalue weighted by atomic mass is 10.0. The third-order valence-electron chi connectivity index (χ3n) is 2.19. The normalized spacial score (nSPS) is 9.81. The van der Waals surface area contributed by atoms with Gasteiger partial charge in [0.05, 0.1) is 11.8 Å². The number of nitrogens with zero attached hydrogens (tertiary/aromatic N) is 2. The zero-order chi connectivity index (χ0) is 11.5. The molecule has 0 unspecified atom stereocenters. The van der Waals surface area contributed by atoms with Gasteiger partial charge in [0, 0.05) is 17.3 Å². The number of pyridine rings is 1. The van der Waals surface area contributed by atoms with E-state index in [0.29, 0.717) is 0 Å². The van der Waals surface area contributed by atoms with Crippen molar-refractivity contribution >= 4 is 0 Å². The second kappa shape index (κ2) is 4.07. The number of nitriles is 1. The van der Waals surface area contributed by atoms with Gasteiger partial charge in [-0.25, -0.2) is 8.78 Å². The highest BCUT2D eigenvalue weighted by molar-refractivity contribution is 5.70. The molecule has 0 bridgehead atoms. The van der Waals surface area contributed by atoms with E-state index in [0.717, 1.165) is 6.20 Å². The highest BCUT2D eigenvalue weighted by Crippen LogP contribution is 2.26. The second-order valence-corrected chi connectivity index (χ2v) is 3.13. The molecule has 0 radical (unpaired) electrons. The van der Waals surface area contributed by atoms with Crippen LogP contribution in [0.5, 0.6) is 0 Å². The number of halogens is 2. The molecule has 0 aliphatic carbocycles. The Balaban J connectivity index is 2.71. The molecule has 16 heavy (non-hydrogen) atoms. The lowest BCUT2D eigenvalue weighted by molar-refractivity contribution is 0.619. The molecule has 0 aliphatic rings. The second-order valence-electron chi connectivity index (χ2n) is 3.13. The molecule has 0 atom stereocenters. The summed E-state index contributed by atoms with van der Waals surface area (Å²) in [5.41, 5.74) is 0.251. The van der Waals surface area contributed by atoms with Crippen LogP contribution in [0.4, 0.5) is 8.78 Å². The largest absolute Gasteiger partial charge is 0.262 e. The topological polar surface area (TPSA) is 36.7 Å². The molecular weight excluding hydrogens is 210 g/mol. The van der Waals surface area contributed by atoms with Gasteiger partial charge >= 0.3 is 0 Å². The number of benzene rings is 1. The van der Waals surface area contributed by atoms with E-state index in [2.05, 4.69) is 4.98 Å². The molecule has 0 aliphatic heterocycles. The van der Waals surface area contributed by atoms with Gasteiger partial charge in [0.15, 0.2) is 0 Å². The first-order valence-electron chi connectivity index (χ1n) is 4.52. The molecule has 0 spiro atoms. The maximum atomic E-state index is 13.4. The van der Waals surface area contributed by atoms with Crippen molar-refractivity contribution in [3.8, 4) is 17.2 Å². The van der Waals surface area contributed by atoms with Gasteiger partial charge in [0.1, 0.15) is 17.7 Å². The van der Waals surface area contributed by atoms with E-state index in [1.807, 2.05) is 0 Å². The Morgan fingerprint density at radius 1 is 1.06 bits per heavy atom. The van der Waals surface area contributed by atoms with E-state index in [1.165, 1.54) is 30.5 Å². The Labute approximate surface area is 90.8 Å². The molecule has 4 heteroatoms. The molecule has 0 N–H and O–H groups in total. The summed E-state index contributed by atoms with van der Waals surface area (Å²) in [6, 6.07) is 7.24. The maximum Gasteiger partial charge on any atom is 0.149 e. The van der Waals surface area contributed by atoms with E-state index in [-0.39, 0.29) is 16.7 Å². The number of hydrogen-bond donors (Lipinski definition) is 0. The molecule has 0 amide bonds. The van der Waals surface area contributed by atoms with E-state index in [1.54, 1.807) is 6.07 Å². The molecule has 1 aromatic carbocycles. The minimum absolute atomic E-state index is 0.160. The molecular formula is C12H6F2N2. The molecule has 2 aromatic rings. The van der Waals surface area contributed by atoms with Crippen molar-refractivity contribution in [1.82, 2.24) is 4.98 Å². The predicted octanol–water partition coefficient (Wildman–Crippen LogP) is 2.90. The van der Waals surface area contributed by atoms with Crippen LogP contribution in [0.15, 0.2) is 36.7 Å². The van der Waals surface area contributed by atoms with Gasteiger partial charge in [-0.15, -0.1) is 0 Å². The Morgan fingerprint density at radius 2 is 1.88 bits per heavy atom. The lowest BCUT2D eigenvalue weighted by Gasteiger charge is -2.05. The van der Waals surface area contributed by atoms with Crippen molar-refractivity contribution in [2.45, 2.75) is 0 Å². The molecule has 2 nitrogen and oxygen atoms in total. The number of hydrogen-bond acceptors (Lipinski definition) is 2. The molecule has 78 valence electrons. The summed E-state index contributed by atoms with van der Waals surface area (Å²) >= 11 is 0. The van der Waals surface area contributed by atoms with Gasteiger partial charge in [0.25, 0.3) is 0 Å². The quantitative estimate of drug-likeness (QED) is 0.734. The summed E-state index contributed by atoms with van der Waals surface area (Å²) in [4.78, 5) is 3.60. The summed E-state index contributed by atoms with van der Waals surface area (Å²) < 4.78 is 26.7. The predicted molar refractivity (Wildman–Crippen MR) is 54.3 cm³/mol. The Kier molecular flexibility index (Phi) is 2.61. The van der Waals surface area contributed by atoms with Crippen LogP contribution < -0.4 is 0 Å². The molecule has 0 saturated carbocycles. The van der Waals surface area contributed by atoms with E-state index >= 15 is 0 Å². The molecule has 2 rings (SSSR count). The van der Waals surface area contributed by atoms with E-state index in [9.17, 15) is 8.78 Å². The zero-order valence-corrected chi connectivity index (χ0v) is 8.11. The van der Waals surface area contributed by atoms with E-state index < -0.39 is 11.6 Å². The molecule has 0 saturated heterocycles. The fourth-order valence-corrected chi connectivity index (χ4v) is 1.46. The highest BCUT2D eigenvalue weighted by atomic mass is 19.1. The van der Waals surface area contributed by atoms with Gasteiger partial charge in [-0.2, -0.15) is 5.26 Å². The average Bonchev–Trinajstić information content (AvgIpc) is 2.29. The minimum atomic E-state index is -0.656. The first kappa shape index (κ1) is 10.2. The summed E-state index contributed by atoms with van der Waals surface area (Å²) in [5, 5.41) is 8.82. The summed E-state index contributed by atoms with van der Waals surface area (Å²) in [6.45, 7) is 0. The molecule has 1 aromatic heterocycles. The van der Waals surface area contributed by atoms with Crippen LogP contribution in [0.25, 0.3) is 11.1 Å². The fraction of sp³-hybridized carbons (Fsp3) is 0. The lowest BCUT2D eigenvalue weighted by Crippen LogP contribution is -1.92. The van der Waals surface area contributed by atoms with Crippen molar-refractivity contribution in [3.63, 3.8) is 0 Å². The Bertz CT molecular complexity index is 573. The van der Waals surface area contributed by atoms with Gasteiger partial charge < -0.3 is 0 Å². The van der Waals surface area contributed by atoms with Crippen LogP contribution in [-0.4, -0.2) is 4.98 Å². The minimum Gasteiger partial charge on any atom is -0.262 e. The van der Waals surface area contributed by atoms with Gasteiger partial charge in [-0.05, 0) is 12.1 Å². The fourth-order valence-electron chi connectivity index (χ4n) is 1.46. The van der Waals surface area contributed by atoms with Crippen molar-refractivity contribution in [1.29, 1.82) is 5.26 Å². The van der Waals surface area contributed by atoms with Crippen LogP contribution in [-0.2, 0) is 0 Å². The Morgan fingerprint density at radius 3 is 2.56 bits per heavy atom. The molecule has 0 fully saturated rings. The summed E-state index contributed by atoms with van der Waals surface area (Å²) in [6.07, 6.45) is 2.42. The van der Waals surface area contributed by atoms with Crippen molar-refractivity contribution in [3.05, 3.63) is 53.9 Å².